The van der Waals surface area contributed by atoms with E-state index in [9.17, 15) is 13.2 Å². The van der Waals surface area contributed by atoms with Crippen LogP contribution in [0.25, 0.3) is 0 Å². The molecule has 6 nitrogen and oxygen atoms in total. The van der Waals surface area contributed by atoms with Crippen molar-refractivity contribution in [1.82, 2.24) is 9.62 Å². The van der Waals surface area contributed by atoms with Crippen LogP contribution in [0.2, 0.25) is 0 Å². The van der Waals surface area contributed by atoms with E-state index in [1.54, 1.807) is 4.90 Å². The average Bonchev–Trinajstić information content (AvgIpc) is 2.85. The summed E-state index contributed by atoms with van der Waals surface area (Å²) in [5.74, 6) is -0.128. The predicted octanol–water partition coefficient (Wildman–Crippen LogP) is -0.293. The molecule has 0 aliphatic carbocycles. The van der Waals surface area contributed by atoms with Gasteiger partial charge in [-0.15, -0.1) is 0 Å². The summed E-state index contributed by atoms with van der Waals surface area (Å²) < 4.78 is 24.9. The SMILES string of the molecule is CS(=O)(=O)N[C@H]1CCN(C(=O)[C@@H](N)Cc2ccccc2)C1. The number of likely N-dealkylation sites (tertiary alicyclic amines) is 1. The largest absolute Gasteiger partial charge is 0.340 e. The summed E-state index contributed by atoms with van der Waals surface area (Å²) in [4.78, 5) is 13.9. The minimum atomic E-state index is -3.24. The van der Waals surface area contributed by atoms with Gasteiger partial charge in [0.1, 0.15) is 0 Å². The third kappa shape index (κ3) is 4.80. The molecule has 0 unspecified atom stereocenters. The van der Waals surface area contributed by atoms with Crippen LogP contribution in [-0.4, -0.2) is 50.7 Å². The predicted molar refractivity (Wildman–Crippen MR) is 81.1 cm³/mol. The summed E-state index contributed by atoms with van der Waals surface area (Å²) in [5, 5.41) is 0. The van der Waals surface area contributed by atoms with Crippen LogP contribution in [0.3, 0.4) is 0 Å². The lowest BCUT2D eigenvalue weighted by Gasteiger charge is -2.21. The molecule has 116 valence electrons. The summed E-state index contributed by atoms with van der Waals surface area (Å²) in [6.45, 7) is 0.920. The van der Waals surface area contributed by atoms with Crippen LogP contribution < -0.4 is 10.5 Å². The molecule has 2 atom stereocenters. The number of amides is 1. The van der Waals surface area contributed by atoms with E-state index in [2.05, 4.69) is 4.72 Å². The van der Waals surface area contributed by atoms with Crippen molar-refractivity contribution in [3.8, 4) is 0 Å². The first-order valence-corrected chi connectivity index (χ1v) is 8.80. The fourth-order valence-corrected chi connectivity index (χ4v) is 3.35. The monoisotopic (exact) mass is 311 g/mol. The molecule has 1 aromatic carbocycles. The normalized spacial score (nSPS) is 20.5. The van der Waals surface area contributed by atoms with Crippen molar-refractivity contribution in [2.24, 2.45) is 5.73 Å². The molecule has 0 radical (unpaired) electrons. The van der Waals surface area contributed by atoms with Gasteiger partial charge in [-0.25, -0.2) is 13.1 Å². The number of nitrogens with one attached hydrogen (secondary N) is 1. The van der Waals surface area contributed by atoms with E-state index in [1.165, 1.54) is 0 Å². The van der Waals surface area contributed by atoms with Gasteiger partial charge in [-0.3, -0.25) is 4.79 Å². The van der Waals surface area contributed by atoms with Crippen molar-refractivity contribution in [1.29, 1.82) is 0 Å². The first kappa shape index (κ1) is 15.9. The third-order valence-corrected chi connectivity index (χ3v) is 4.26. The van der Waals surface area contributed by atoms with Crippen molar-refractivity contribution in [3.63, 3.8) is 0 Å². The van der Waals surface area contributed by atoms with Gasteiger partial charge < -0.3 is 10.6 Å². The summed E-state index contributed by atoms with van der Waals surface area (Å²) >= 11 is 0. The second-order valence-corrected chi connectivity index (χ2v) is 7.24. The molecule has 3 N–H and O–H groups in total. The van der Waals surface area contributed by atoms with E-state index in [4.69, 9.17) is 5.73 Å². The highest BCUT2D eigenvalue weighted by atomic mass is 32.2. The number of nitrogens with two attached hydrogens (primary N) is 1. The minimum Gasteiger partial charge on any atom is -0.340 e. The standard InChI is InChI=1S/C14H21N3O3S/c1-21(19,20)16-12-7-8-17(10-12)14(18)13(15)9-11-5-3-2-4-6-11/h2-6,12-13,16H,7-10,15H2,1H3/t12-,13-/m0/s1. The molecule has 1 aliphatic rings. The molecule has 1 fully saturated rings. The summed E-state index contributed by atoms with van der Waals surface area (Å²) in [6, 6.07) is 8.80. The Balaban J connectivity index is 1.89. The fourth-order valence-electron chi connectivity index (χ4n) is 2.55. The second-order valence-electron chi connectivity index (χ2n) is 5.46. The van der Waals surface area contributed by atoms with Gasteiger partial charge in [0.25, 0.3) is 0 Å². The number of rotatable bonds is 5. The van der Waals surface area contributed by atoms with Crippen LogP contribution in [-0.2, 0) is 21.2 Å². The van der Waals surface area contributed by atoms with E-state index in [-0.39, 0.29) is 11.9 Å². The van der Waals surface area contributed by atoms with Crippen LogP contribution in [0.5, 0.6) is 0 Å². The smallest absolute Gasteiger partial charge is 0.239 e. The van der Waals surface area contributed by atoms with Gasteiger partial charge in [-0.1, -0.05) is 30.3 Å². The Morgan fingerprint density at radius 1 is 1.43 bits per heavy atom. The molecule has 0 saturated carbocycles. The summed E-state index contributed by atoms with van der Waals surface area (Å²) in [7, 11) is -3.24. The number of hydrogen-bond donors (Lipinski definition) is 2. The first-order chi connectivity index (χ1) is 9.85. The molecule has 0 spiro atoms. The van der Waals surface area contributed by atoms with Gasteiger partial charge in [0.15, 0.2) is 0 Å². The zero-order valence-corrected chi connectivity index (χ0v) is 12.8. The van der Waals surface area contributed by atoms with Crippen molar-refractivity contribution in [2.75, 3.05) is 19.3 Å². The van der Waals surface area contributed by atoms with E-state index >= 15 is 0 Å². The van der Waals surface area contributed by atoms with Crippen molar-refractivity contribution < 1.29 is 13.2 Å². The minimum absolute atomic E-state index is 0.128. The van der Waals surface area contributed by atoms with Gasteiger partial charge in [0.05, 0.1) is 12.3 Å². The van der Waals surface area contributed by atoms with Crippen LogP contribution in [0.15, 0.2) is 30.3 Å². The molecule has 1 amide bonds. The van der Waals surface area contributed by atoms with Crippen LogP contribution in [0.1, 0.15) is 12.0 Å². The second kappa shape index (κ2) is 6.55. The lowest BCUT2D eigenvalue weighted by Crippen LogP contribution is -2.45. The lowest BCUT2D eigenvalue weighted by molar-refractivity contribution is -0.131. The fraction of sp³-hybridized carbons (Fsp3) is 0.500. The topological polar surface area (TPSA) is 92.5 Å². The Morgan fingerprint density at radius 3 is 2.71 bits per heavy atom. The molecule has 1 aliphatic heterocycles. The number of hydrogen-bond acceptors (Lipinski definition) is 4. The Labute approximate surface area is 125 Å². The van der Waals surface area contributed by atoms with Gasteiger partial charge in [-0.05, 0) is 18.4 Å². The molecule has 0 bridgehead atoms. The molecule has 2 rings (SSSR count). The molecule has 1 saturated heterocycles. The van der Waals surface area contributed by atoms with E-state index < -0.39 is 16.1 Å². The highest BCUT2D eigenvalue weighted by molar-refractivity contribution is 7.88. The van der Waals surface area contributed by atoms with Gasteiger partial charge in [0, 0.05) is 19.1 Å². The molecule has 1 aromatic rings. The maximum atomic E-state index is 12.3. The highest BCUT2D eigenvalue weighted by Gasteiger charge is 2.30. The number of benzene rings is 1. The van der Waals surface area contributed by atoms with E-state index in [1.807, 2.05) is 30.3 Å². The zero-order chi connectivity index (χ0) is 15.5. The number of carbonyl (C=O) groups is 1. The van der Waals surface area contributed by atoms with E-state index in [0.717, 1.165) is 11.8 Å². The number of carbonyl (C=O) groups excluding carboxylic acids is 1. The lowest BCUT2D eigenvalue weighted by atomic mass is 10.1. The third-order valence-electron chi connectivity index (χ3n) is 3.50. The van der Waals surface area contributed by atoms with Crippen LogP contribution in [0, 0.1) is 0 Å². The average molecular weight is 311 g/mol. The molecule has 21 heavy (non-hydrogen) atoms. The summed E-state index contributed by atoms with van der Waals surface area (Å²) in [5.41, 5.74) is 6.99. The van der Waals surface area contributed by atoms with Gasteiger partial charge in [0.2, 0.25) is 15.9 Å². The van der Waals surface area contributed by atoms with Crippen molar-refractivity contribution in [3.05, 3.63) is 35.9 Å². The summed E-state index contributed by atoms with van der Waals surface area (Å²) in [6.07, 6.45) is 2.23. The Bertz CT molecular complexity index is 589. The maximum absolute atomic E-state index is 12.3. The zero-order valence-electron chi connectivity index (χ0n) is 12.0. The van der Waals surface area contributed by atoms with Crippen molar-refractivity contribution in [2.45, 2.75) is 24.9 Å². The van der Waals surface area contributed by atoms with E-state index in [0.29, 0.717) is 25.9 Å². The molecular formula is C14H21N3O3S. The molecule has 7 heteroatoms. The van der Waals surface area contributed by atoms with Crippen LogP contribution >= 0.6 is 0 Å². The first-order valence-electron chi connectivity index (χ1n) is 6.91. The highest BCUT2D eigenvalue weighted by Crippen LogP contribution is 2.12. The molecular weight excluding hydrogens is 290 g/mol. The van der Waals surface area contributed by atoms with Gasteiger partial charge >= 0.3 is 0 Å². The van der Waals surface area contributed by atoms with Gasteiger partial charge in [-0.2, -0.15) is 0 Å². The quantitative estimate of drug-likeness (QED) is 0.781. The number of sulfonamides is 1. The molecule has 1 heterocycles. The molecule has 0 aromatic heterocycles. The Kier molecular flexibility index (Phi) is 4.97. The van der Waals surface area contributed by atoms with Crippen LogP contribution in [0.4, 0.5) is 0 Å². The Morgan fingerprint density at radius 2 is 2.10 bits per heavy atom. The van der Waals surface area contributed by atoms with Crippen molar-refractivity contribution >= 4 is 15.9 Å². The maximum Gasteiger partial charge on any atom is 0.239 e. The number of nitrogens with zero attached hydrogens (tertiary/aromatic N) is 1. The Hall–Kier alpha value is -1.44.